The molecule has 0 bridgehead atoms. The number of halogens is 2. The van der Waals surface area contributed by atoms with Crippen LogP contribution in [-0.2, 0) is 0 Å². The van der Waals surface area contributed by atoms with Gasteiger partial charge >= 0.3 is 0 Å². The Morgan fingerprint density at radius 3 is 1.45 bits per heavy atom. The lowest BCUT2D eigenvalue weighted by Crippen LogP contribution is -2.68. The van der Waals surface area contributed by atoms with Crippen molar-refractivity contribution in [2.45, 2.75) is 0 Å². The zero-order valence-corrected chi connectivity index (χ0v) is 16.0. The molecule has 0 saturated carbocycles. The van der Waals surface area contributed by atoms with E-state index >= 15 is 0 Å². The summed E-state index contributed by atoms with van der Waals surface area (Å²) in [4.78, 5) is 0. The van der Waals surface area contributed by atoms with E-state index in [0.717, 1.165) is 9.07 Å². The highest BCUT2D eigenvalue weighted by molar-refractivity contribution is 14.1. The number of rotatable bonds is 4. The monoisotopic (exact) mass is 434 g/mol. The molecule has 0 heterocycles. The van der Waals surface area contributed by atoms with Crippen LogP contribution < -0.4 is 15.6 Å². The highest BCUT2D eigenvalue weighted by Gasteiger charge is 2.37. The van der Waals surface area contributed by atoms with Gasteiger partial charge in [-0.15, -0.1) is 0 Å². The van der Waals surface area contributed by atoms with E-state index in [9.17, 15) is 0 Å². The molecule has 3 aromatic rings. The third kappa shape index (κ3) is 2.87. The summed E-state index contributed by atoms with van der Waals surface area (Å²) >= 11 is 8.66. The fourth-order valence-electron chi connectivity index (χ4n) is 2.91. The van der Waals surface area contributed by atoms with E-state index in [0.29, 0.717) is 0 Å². The molecule has 0 radical (unpaired) electrons. The van der Waals surface area contributed by atoms with Crippen LogP contribution in [0.15, 0.2) is 84.9 Å². The van der Waals surface area contributed by atoms with Gasteiger partial charge in [-0.25, -0.2) is 0 Å². The van der Waals surface area contributed by atoms with Crippen LogP contribution in [-0.4, -0.2) is 12.1 Å². The zero-order chi connectivity index (χ0) is 15.4. The number of alkyl halides is 1. The van der Waals surface area contributed by atoms with E-state index < -0.39 is 8.07 Å². The lowest BCUT2D eigenvalue weighted by Gasteiger charge is -2.32. The van der Waals surface area contributed by atoms with Crippen LogP contribution in [0.25, 0.3) is 0 Å². The van der Waals surface area contributed by atoms with E-state index in [1.165, 1.54) is 15.6 Å². The molecular weight excluding hydrogens is 419 g/mol. The van der Waals surface area contributed by atoms with Crippen LogP contribution >= 0.6 is 34.2 Å². The van der Waals surface area contributed by atoms with E-state index in [-0.39, 0.29) is 0 Å². The summed E-state index contributed by atoms with van der Waals surface area (Å²) in [5.41, 5.74) is 0. The Morgan fingerprint density at radius 2 is 1.05 bits per heavy atom. The van der Waals surface area contributed by atoms with Crippen LogP contribution in [0.5, 0.6) is 0 Å². The maximum atomic E-state index is 6.11. The molecule has 110 valence electrons. The van der Waals surface area contributed by atoms with Crippen molar-refractivity contribution in [1.82, 2.24) is 0 Å². The molecule has 3 rings (SSSR count). The third-order valence-electron chi connectivity index (χ3n) is 4.07. The van der Waals surface area contributed by atoms with Crippen LogP contribution in [0.2, 0.25) is 5.02 Å². The van der Waals surface area contributed by atoms with Gasteiger partial charge in [0.2, 0.25) is 0 Å². The summed E-state index contributed by atoms with van der Waals surface area (Å²) in [6.45, 7) is 0. The minimum absolute atomic E-state index is 0.793. The molecule has 0 fully saturated rings. The molecule has 0 spiro atoms. The van der Waals surface area contributed by atoms with Crippen LogP contribution in [0.4, 0.5) is 0 Å². The first-order valence-corrected chi connectivity index (χ1v) is 11.3. The van der Waals surface area contributed by atoms with Crippen molar-refractivity contribution < 1.29 is 0 Å². The number of hydrogen-bond donors (Lipinski definition) is 0. The minimum atomic E-state index is -1.99. The first-order valence-electron chi connectivity index (χ1n) is 7.20. The zero-order valence-electron chi connectivity index (χ0n) is 12.0. The van der Waals surface area contributed by atoms with Gasteiger partial charge in [0.1, 0.15) is 0 Å². The lowest BCUT2D eigenvalue weighted by atomic mass is 10.3. The maximum absolute atomic E-state index is 6.11. The Labute approximate surface area is 151 Å². The minimum Gasteiger partial charge on any atom is -0.0887 e. The van der Waals surface area contributed by atoms with Crippen LogP contribution in [0.3, 0.4) is 0 Å². The van der Waals surface area contributed by atoms with Gasteiger partial charge < -0.3 is 0 Å². The molecule has 0 unspecified atom stereocenters. The van der Waals surface area contributed by atoms with E-state index in [4.69, 9.17) is 11.6 Å². The summed E-state index contributed by atoms with van der Waals surface area (Å²) in [6.07, 6.45) is 0. The van der Waals surface area contributed by atoms with E-state index in [1.807, 2.05) is 12.1 Å². The smallest absolute Gasteiger partial charge is 0.0887 e. The van der Waals surface area contributed by atoms with Gasteiger partial charge in [-0.1, -0.05) is 107 Å². The van der Waals surface area contributed by atoms with Gasteiger partial charge in [-0.2, -0.15) is 0 Å². The Hall–Kier alpha value is -1.10. The molecule has 3 aromatic carbocycles. The molecule has 0 saturated heterocycles. The van der Waals surface area contributed by atoms with Crippen molar-refractivity contribution in [2.75, 3.05) is 4.05 Å². The first-order chi connectivity index (χ1) is 10.8. The van der Waals surface area contributed by atoms with Gasteiger partial charge in [0.15, 0.2) is 8.07 Å². The second-order valence-electron chi connectivity index (χ2n) is 5.28. The molecule has 0 amide bonds. The van der Waals surface area contributed by atoms with Crippen molar-refractivity contribution in [2.24, 2.45) is 0 Å². The lowest BCUT2D eigenvalue weighted by molar-refractivity contribution is 1.66. The number of hydrogen-bond acceptors (Lipinski definition) is 0. The van der Waals surface area contributed by atoms with Crippen molar-refractivity contribution in [3.8, 4) is 0 Å². The van der Waals surface area contributed by atoms with Crippen molar-refractivity contribution >= 4 is 57.8 Å². The molecule has 0 aromatic heterocycles. The molecule has 0 nitrogen and oxygen atoms in total. The third-order valence-corrected chi connectivity index (χ3v) is 12.1. The SMILES string of the molecule is Clc1ccc([Si](CI)(c2ccccc2)c2ccccc2)cc1. The molecule has 0 N–H and O–H groups in total. The summed E-state index contributed by atoms with van der Waals surface area (Å²) in [5, 5.41) is 5.08. The second-order valence-corrected chi connectivity index (χ2v) is 11.8. The molecule has 0 aliphatic rings. The Kier molecular flexibility index (Phi) is 5.01. The van der Waals surface area contributed by atoms with E-state index in [1.54, 1.807) is 0 Å². The highest BCUT2D eigenvalue weighted by Crippen LogP contribution is 2.13. The largest absolute Gasteiger partial charge is 0.157 e. The van der Waals surface area contributed by atoms with Crippen LogP contribution in [0.1, 0.15) is 0 Å². The molecule has 0 aliphatic heterocycles. The Bertz CT molecular complexity index is 687. The Balaban J connectivity index is 2.28. The fourth-order valence-corrected chi connectivity index (χ4v) is 10.7. The fraction of sp³-hybridized carbons (Fsp3) is 0.0526. The Morgan fingerprint density at radius 1 is 0.636 bits per heavy atom. The molecule has 0 aliphatic carbocycles. The van der Waals surface area contributed by atoms with Crippen molar-refractivity contribution in [3.05, 3.63) is 90.0 Å². The van der Waals surface area contributed by atoms with Crippen LogP contribution in [0, 0.1) is 0 Å². The van der Waals surface area contributed by atoms with Crippen molar-refractivity contribution in [3.63, 3.8) is 0 Å². The van der Waals surface area contributed by atoms with Gasteiger partial charge in [0.25, 0.3) is 0 Å². The molecule has 0 atom stereocenters. The quantitative estimate of drug-likeness (QED) is 0.254. The topological polar surface area (TPSA) is 0 Å². The maximum Gasteiger partial charge on any atom is 0.157 e. The summed E-state index contributed by atoms with van der Waals surface area (Å²) in [5.74, 6) is 0. The summed E-state index contributed by atoms with van der Waals surface area (Å²) in [7, 11) is -1.99. The molecule has 22 heavy (non-hydrogen) atoms. The predicted molar refractivity (Wildman–Crippen MR) is 108 cm³/mol. The normalized spacial score (nSPS) is 11.4. The second kappa shape index (κ2) is 6.98. The summed E-state index contributed by atoms with van der Waals surface area (Å²) < 4.78 is 1.10. The average Bonchev–Trinajstić information content (AvgIpc) is 2.59. The predicted octanol–water partition coefficient (Wildman–Crippen LogP) is 3.78. The van der Waals surface area contributed by atoms with E-state index in [2.05, 4.69) is 95.4 Å². The van der Waals surface area contributed by atoms with Gasteiger partial charge in [-0.3, -0.25) is 0 Å². The molecular formula is C19H16ClISi. The number of benzene rings is 3. The highest BCUT2D eigenvalue weighted by atomic mass is 127. The van der Waals surface area contributed by atoms with Gasteiger partial charge in [0, 0.05) is 9.07 Å². The van der Waals surface area contributed by atoms with Gasteiger partial charge in [0.05, 0.1) is 0 Å². The standard InChI is InChI=1S/C19H16ClISi/c20-16-11-13-19(14-12-16)22(15-21,17-7-3-1-4-8-17)18-9-5-2-6-10-18/h1-14H,15H2. The van der Waals surface area contributed by atoms with Gasteiger partial charge in [-0.05, 0) is 27.7 Å². The average molecular weight is 435 g/mol. The van der Waals surface area contributed by atoms with Crippen molar-refractivity contribution in [1.29, 1.82) is 0 Å². The summed E-state index contributed by atoms with van der Waals surface area (Å²) in [6, 6.07) is 30.2. The first kappa shape index (κ1) is 15.8. The molecule has 3 heteroatoms.